The molecule has 174 valence electrons. The van der Waals surface area contributed by atoms with Gasteiger partial charge >= 0.3 is 6.09 Å². The third-order valence-corrected chi connectivity index (χ3v) is 5.61. The van der Waals surface area contributed by atoms with E-state index in [1.165, 1.54) is 17.2 Å². The summed E-state index contributed by atoms with van der Waals surface area (Å²) in [7, 11) is 0. The second-order valence-corrected chi connectivity index (χ2v) is 7.73. The average molecular weight is 458 g/mol. The average Bonchev–Trinajstić information content (AvgIpc) is 3.21. The molecule has 2 aliphatic heterocycles. The Kier molecular flexibility index (Phi) is 6.66. The molecule has 3 heterocycles. The number of halogens is 2. The van der Waals surface area contributed by atoms with Gasteiger partial charge in [-0.2, -0.15) is 0 Å². The third kappa shape index (κ3) is 5.02. The van der Waals surface area contributed by atoms with E-state index in [9.17, 15) is 18.4 Å². The van der Waals surface area contributed by atoms with Crippen LogP contribution < -0.4 is 15.3 Å². The molecule has 1 unspecified atom stereocenters. The number of piperazine rings is 1. The Labute approximate surface area is 189 Å². The lowest BCUT2D eigenvalue weighted by atomic mass is 10.2. The van der Waals surface area contributed by atoms with Crippen molar-refractivity contribution in [2.45, 2.75) is 12.5 Å². The van der Waals surface area contributed by atoms with Crippen molar-refractivity contribution in [3.8, 4) is 0 Å². The summed E-state index contributed by atoms with van der Waals surface area (Å²) in [5.74, 6) is -0.537. The van der Waals surface area contributed by atoms with E-state index in [1.807, 2.05) is 4.90 Å². The molecule has 0 aliphatic carbocycles. The summed E-state index contributed by atoms with van der Waals surface area (Å²) in [6.07, 6.45) is 6.63. The summed E-state index contributed by atoms with van der Waals surface area (Å²) in [6, 6.07) is 4.45. The summed E-state index contributed by atoms with van der Waals surface area (Å²) in [4.78, 5) is 33.0. The minimum Gasteiger partial charge on any atom is -0.441 e. The van der Waals surface area contributed by atoms with Crippen LogP contribution in [0.2, 0.25) is 0 Å². The molecule has 33 heavy (non-hydrogen) atoms. The van der Waals surface area contributed by atoms with Gasteiger partial charge < -0.3 is 19.1 Å². The van der Waals surface area contributed by atoms with Crippen molar-refractivity contribution >= 4 is 29.6 Å². The number of alkyl halides is 1. The van der Waals surface area contributed by atoms with Gasteiger partial charge in [0.05, 0.1) is 24.1 Å². The molecule has 1 N–H and O–H groups in total. The van der Waals surface area contributed by atoms with Gasteiger partial charge in [-0.1, -0.05) is 6.08 Å². The molecule has 2 saturated heterocycles. The minimum absolute atomic E-state index is 0.0436. The van der Waals surface area contributed by atoms with Crippen molar-refractivity contribution < 1.29 is 23.1 Å². The van der Waals surface area contributed by atoms with Gasteiger partial charge in [0.15, 0.2) is 0 Å². The molecule has 0 spiro atoms. The van der Waals surface area contributed by atoms with Crippen LogP contribution in [0.3, 0.4) is 0 Å². The van der Waals surface area contributed by atoms with E-state index >= 15 is 0 Å². The molecule has 11 heteroatoms. The zero-order valence-corrected chi connectivity index (χ0v) is 17.9. The second kappa shape index (κ2) is 9.80. The number of hydrogen-bond donors (Lipinski definition) is 1. The van der Waals surface area contributed by atoms with Gasteiger partial charge in [-0.3, -0.25) is 20.1 Å². The first-order valence-corrected chi connectivity index (χ1v) is 10.6. The lowest BCUT2D eigenvalue weighted by molar-refractivity contribution is -0.130. The predicted molar refractivity (Wildman–Crippen MR) is 117 cm³/mol. The van der Waals surface area contributed by atoms with E-state index in [2.05, 4.69) is 4.98 Å². The molecular weight excluding hydrogens is 434 g/mol. The van der Waals surface area contributed by atoms with Gasteiger partial charge in [-0.15, -0.1) is 0 Å². The van der Waals surface area contributed by atoms with E-state index < -0.39 is 24.7 Å². The van der Waals surface area contributed by atoms with E-state index in [4.69, 9.17) is 10.1 Å². The van der Waals surface area contributed by atoms with E-state index in [-0.39, 0.29) is 24.4 Å². The highest BCUT2D eigenvalue weighted by Gasteiger charge is 2.33. The summed E-state index contributed by atoms with van der Waals surface area (Å²) in [5, 5.41) is 7.74. The molecule has 2 aromatic rings. The van der Waals surface area contributed by atoms with Crippen molar-refractivity contribution in [1.82, 2.24) is 14.5 Å². The Bertz CT molecular complexity index is 1110. The summed E-state index contributed by atoms with van der Waals surface area (Å²) in [5.41, 5.74) is 0.921. The molecule has 0 saturated carbocycles. The first kappa shape index (κ1) is 22.4. The molecule has 1 aromatic heterocycles. The summed E-state index contributed by atoms with van der Waals surface area (Å²) >= 11 is 0. The van der Waals surface area contributed by atoms with Crippen molar-refractivity contribution in [2.75, 3.05) is 49.2 Å². The lowest BCUT2D eigenvalue weighted by Crippen LogP contribution is -2.48. The molecule has 2 amide bonds. The SMILES string of the molecule is N=c1cnccn1/C=C/CC(=O)N1CCN(c2ccc(N3CC(CF)OC3=O)cc2F)CC1. The molecule has 1 aromatic carbocycles. The maximum atomic E-state index is 14.8. The molecule has 2 aliphatic rings. The highest BCUT2D eigenvalue weighted by atomic mass is 19.1. The predicted octanol–water partition coefficient (Wildman–Crippen LogP) is 2.01. The quantitative estimate of drug-likeness (QED) is 0.715. The molecule has 4 rings (SSSR count). The number of carbonyl (C=O) groups is 2. The second-order valence-electron chi connectivity index (χ2n) is 7.73. The van der Waals surface area contributed by atoms with Crippen molar-refractivity contribution in [3.05, 3.63) is 54.2 Å². The van der Waals surface area contributed by atoms with Gasteiger partial charge in [-0.25, -0.2) is 13.6 Å². The van der Waals surface area contributed by atoms with E-state index in [0.29, 0.717) is 37.6 Å². The number of carbonyl (C=O) groups excluding carboxylic acids is 2. The number of benzene rings is 1. The van der Waals surface area contributed by atoms with Crippen LogP contribution in [0.5, 0.6) is 0 Å². The standard InChI is InChI=1S/C22H24F2N6O3/c23-13-17-15-30(22(32)33-17)16-3-4-19(18(24)12-16)27-8-10-29(11-9-27)21(31)2-1-6-28-7-5-26-14-20(28)25/h1,3-7,12,14,17,25H,2,8-11,13,15H2/b6-1+,25-20?. The van der Waals surface area contributed by atoms with Gasteiger partial charge in [0.25, 0.3) is 0 Å². The fourth-order valence-electron chi connectivity index (χ4n) is 3.83. The Morgan fingerprint density at radius 2 is 2.06 bits per heavy atom. The highest BCUT2D eigenvalue weighted by Crippen LogP contribution is 2.28. The van der Waals surface area contributed by atoms with Gasteiger partial charge in [0, 0.05) is 51.2 Å². The van der Waals surface area contributed by atoms with Gasteiger partial charge in [-0.05, 0) is 18.2 Å². The smallest absolute Gasteiger partial charge is 0.414 e. The maximum Gasteiger partial charge on any atom is 0.414 e. The van der Waals surface area contributed by atoms with E-state index in [0.717, 1.165) is 0 Å². The number of nitrogens with zero attached hydrogens (tertiary/aromatic N) is 5. The van der Waals surface area contributed by atoms with Crippen LogP contribution in [-0.2, 0) is 9.53 Å². The van der Waals surface area contributed by atoms with Crippen LogP contribution in [0.15, 0.2) is 42.9 Å². The Morgan fingerprint density at radius 3 is 2.73 bits per heavy atom. The summed E-state index contributed by atoms with van der Waals surface area (Å²) < 4.78 is 34.0. The Morgan fingerprint density at radius 1 is 1.27 bits per heavy atom. The summed E-state index contributed by atoms with van der Waals surface area (Å²) in [6.45, 7) is 1.11. The number of hydrogen-bond acceptors (Lipinski definition) is 6. The number of cyclic esters (lactones) is 1. The van der Waals surface area contributed by atoms with Gasteiger partial charge in [0.2, 0.25) is 5.91 Å². The Hall–Kier alpha value is -3.76. The third-order valence-electron chi connectivity index (χ3n) is 5.61. The molecular formula is C22H24F2N6O3. The van der Waals surface area contributed by atoms with Crippen molar-refractivity contribution in [2.24, 2.45) is 0 Å². The monoisotopic (exact) mass is 458 g/mol. The number of amides is 2. The maximum absolute atomic E-state index is 14.8. The van der Waals surface area contributed by atoms with Crippen LogP contribution in [0.1, 0.15) is 6.42 Å². The fraction of sp³-hybridized carbons (Fsp3) is 0.364. The largest absolute Gasteiger partial charge is 0.441 e. The van der Waals surface area contributed by atoms with Crippen LogP contribution in [0.4, 0.5) is 25.0 Å². The first-order valence-electron chi connectivity index (χ1n) is 10.6. The Balaban J connectivity index is 1.32. The molecule has 9 nitrogen and oxygen atoms in total. The highest BCUT2D eigenvalue weighted by molar-refractivity contribution is 5.90. The number of ether oxygens (including phenoxy) is 1. The van der Waals surface area contributed by atoms with Crippen LogP contribution in [0.25, 0.3) is 6.20 Å². The topological polar surface area (TPSA) is 94.8 Å². The van der Waals surface area contributed by atoms with Crippen molar-refractivity contribution in [3.63, 3.8) is 0 Å². The number of nitrogens with one attached hydrogen (secondary N) is 1. The molecule has 2 fully saturated rings. The number of anilines is 2. The van der Waals surface area contributed by atoms with E-state index in [1.54, 1.807) is 46.3 Å². The van der Waals surface area contributed by atoms with Crippen LogP contribution >= 0.6 is 0 Å². The van der Waals surface area contributed by atoms with Gasteiger partial charge in [0.1, 0.15) is 24.1 Å². The van der Waals surface area contributed by atoms with Crippen molar-refractivity contribution in [1.29, 1.82) is 5.41 Å². The normalized spacial score (nSPS) is 18.8. The van der Waals surface area contributed by atoms with Crippen LogP contribution in [0, 0.1) is 11.2 Å². The molecule has 1 atom stereocenters. The lowest BCUT2D eigenvalue weighted by Gasteiger charge is -2.36. The zero-order chi connectivity index (χ0) is 23.4. The zero-order valence-electron chi connectivity index (χ0n) is 17.9. The first-order chi connectivity index (χ1) is 16.0. The number of rotatable bonds is 6. The van der Waals surface area contributed by atoms with Crippen LogP contribution in [-0.4, -0.2) is 72.0 Å². The minimum atomic E-state index is -0.835. The molecule has 0 bridgehead atoms. The molecule has 0 radical (unpaired) electrons. The fourth-order valence-corrected chi connectivity index (χ4v) is 3.83. The number of aromatic nitrogens is 2.